The fraction of sp³-hybridized carbons (Fsp3) is 0.714. The van der Waals surface area contributed by atoms with E-state index >= 15 is 0 Å². The van der Waals surface area contributed by atoms with Gasteiger partial charge in [-0.05, 0) is 38.6 Å². The Balaban J connectivity index is 2.29. The second-order valence-electron chi connectivity index (χ2n) is 4.62. The first-order valence-corrected chi connectivity index (χ1v) is 6.79. The maximum absolute atomic E-state index is 3.58. The molecular weight excluding hydrogens is 210 g/mol. The van der Waals surface area contributed by atoms with Gasteiger partial charge in [0.15, 0.2) is 0 Å². The molecule has 0 radical (unpaired) electrons. The largest absolute Gasteiger partial charge is 0.354 e. The molecule has 0 aliphatic heterocycles. The van der Waals surface area contributed by atoms with Crippen molar-refractivity contribution in [1.29, 1.82) is 0 Å². The van der Waals surface area contributed by atoms with Gasteiger partial charge in [-0.2, -0.15) is 0 Å². The fourth-order valence-corrected chi connectivity index (χ4v) is 2.02. The quantitative estimate of drug-likeness (QED) is 0.749. The van der Waals surface area contributed by atoms with Gasteiger partial charge in [0, 0.05) is 38.1 Å². The maximum atomic E-state index is 3.58. The molecule has 1 aromatic heterocycles. The summed E-state index contributed by atoms with van der Waals surface area (Å²) in [5.74, 6) is 0. The van der Waals surface area contributed by atoms with Gasteiger partial charge >= 0.3 is 0 Å². The molecule has 0 spiro atoms. The van der Waals surface area contributed by atoms with Crippen LogP contribution < -0.4 is 5.32 Å². The number of aryl methyl sites for hydroxylation is 1. The van der Waals surface area contributed by atoms with Crippen LogP contribution in [0.3, 0.4) is 0 Å². The van der Waals surface area contributed by atoms with Crippen LogP contribution in [0.4, 0.5) is 0 Å². The lowest BCUT2D eigenvalue weighted by Crippen LogP contribution is -2.38. The summed E-state index contributed by atoms with van der Waals surface area (Å²) >= 11 is 0. The predicted molar refractivity (Wildman–Crippen MR) is 74.2 cm³/mol. The minimum Gasteiger partial charge on any atom is -0.354 e. The van der Waals surface area contributed by atoms with Crippen molar-refractivity contribution in [3.63, 3.8) is 0 Å². The number of nitrogens with one attached hydrogen (secondary N) is 1. The number of aromatic nitrogens is 1. The number of rotatable bonds is 8. The molecule has 3 heteroatoms. The van der Waals surface area contributed by atoms with Crippen molar-refractivity contribution in [2.24, 2.45) is 0 Å². The highest BCUT2D eigenvalue weighted by Crippen LogP contribution is 2.01. The molecule has 17 heavy (non-hydrogen) atoms. The third kappa shape index (κ3) is 4.92. The summed E-state index contributed by atoms with van der Waals surface area (Å²) < 4.78 is 2.21. The zero-order chi connectivity index (χ0) is 12.7. The minimum atomic E-state index is 0.542. The average Bonchev–Trinajstić information content (AvgIpc) is 2.81. The summed E-state index contributed by atoms with van der Waals surface area (Å²) in [6.45, 7) is 14.3. The Morgan fingerprint density at radius 3 is 2.53 bits per heavy atom. The van der Waals surface area contributed by atoms with Gasteiger partial charge in [-0.1, -0.05) is 13.8 Å². The predicted octanol–water partition coefficient (Wildman–Crippen LogP) is 2.33. The molecule has 0 amide bonds. The van der Waals surface area contributed by atoms with Crippen molar-refractivity contribution in [3.05, 3.63) is 24.0 Å². The maximum Gasteiger partial charge on any atom is 0.0223 e. The molecule has 1 heterocycles. The molecule has 1 N–H and O–H groups in total. The minimum absolute atomic E-state index is 0.542. The number of hydrogen-bond acceptors (Lipinski definition) is 2. The Kier molecular flexibility index (Phi) is 6.30. The van der Waals surface area contributed by atoms with Gasteiger partial charge in [-0.3, -0.25) is 0 Å². The summed E-state index contributed by atoms with van der Waals surface area (Å²) in [6, 6.07) is 2.74. The highest BCUT2D eigenvalue weighted by atomic mass is 15.1. The lowest BCUT2D eigenvalue weighted by Gasteiger charge is -2.23. The van der Waals surface area contributed by atoms with Crippen LogP contribution in [0.25, 0.3) is 0 Å². The Hall–Kier alpha value is -0.800. The topological polar surface area (TPSA) is 20.2 Å². The molecule has 0 saturated carbocycles. The van der Waals surface area contributed by atoms with Crippen LogP contribution in [-0.2, 0) is 13.1 Å². The highest BCUT2D eigenvalue weighted by Gasteiger charge is 2.06. The number of nitrogens with zero attached hydrogens (tertiary/aromatic N) is 2. The SMILES string of the molecule is CCN(CC)CC(C)NCc1ccn(CC)c1. The normalized spacial score (nSPS) is 13.2. The van der Waals surface area contributed by atoms with Crippen LogP contribution in [0.5, 0.6) is 0 Å². The Morgan fingerprint density at radius 2 is 2.00 bits per heavy atom. The number of hydrogen-bond donors (Lipinski definition) is 1. The molecule has 3 nitrogen and oxygen atoms in total. The molecule has 1 atom stereocenters. The van der Waals surface area contributed by atoms with Gasteiger partial charge in [-0.25, -0.2) is 0 Å². The second-order valence-corrected chi connectivity index (χ2v) is 4.62. The van der Waals surface area contributed by atoms with Gasteiger partial charge in [-0.15, -0.1) is 0 Å². The van der Waals surface area contributed by atoms with Gasteiger partial charge in [0.25, 0.3) is 0 Å². The van der Waals surface area contributed by atoms with Crippen LogP contribution in [-0.4, -0.2) is 35.1 Å². The van der Waals surface area contributed by atoms with E-state index in [0.29, 0.717) is 6.04 Å². The summed E-state index contributed by atoms with van der Waals surface area (Å²) in [5.41, 5.74) is 1.37. The molecule has 98 valence electrons. The van der Waals surface area contributed by atoms with E-state index in [-0.39, 0.29) is 0 Å². The molecule has 0 bridgehead atoms. The van der Waals surface area contributed by atoms with E-state index in [1.807, 2.05) is 0 Å². The van der Waals surface area contributed by atoms with Crippen molar-refractivity contribution >= 4 is 0 Å². The molecule has 1 unspecified atom stereocenters. The summed E-state index contributed by atoms with van der Waals surface area (Å²) in [5, 5.41) is 3.58. The van der Waals surface area contributed by atoms with Crippen LogP contribution in [0, 0.1) is 0 Å². The van der Waals surface area contributed by atoms with Gasteiger partial charge in [0.2, 0.25) is 0 Å². The average molecular weight is 237 g/mol. The van der Waals surface area contributed by atoms with E-state index in [9.17, 15) is 0 Å². The number of likely N-dealkylation sites (N-methyl/N-ethyl adjacent to an activating group) is 1. The van der Waals surface area contributed by atoms with Gasteiger partial charge in [0.1, 0.15) is 0 Å². The van der Waals surface area contributed by atoms with Crippen LogP contribution in [0.15, 0.2) is 18.5 Å². The van der Waals surface area contributed by atoms with Gasteiger partial charge < -0.3 is 14.8 Å². The second kappa shape index (κ2) is 7.51. The summed E-state index contributed by atoms with van der Waals surface area (Å²) in [6.07, 6.45) is 4.36. The van der Waals surface area contributed by atoms with Crippen LogP contribution in [0.1, 0.15) is 33.3 Å². The first-order valence-electron chi connectivity index (χ1n) is 6.79. The molecule has 0 aliphatic rings. The lowest BCUT2D eigenvalue weighted by atomic mass is 10.2. The molecule has 0 fully saturated rings. The van der Waals surface area contributed by atoms with Crippen molar-refractivity contribution < 1.29 is 0 Å². The standard InChI is InChI=1S/C14H27N3/c1-5-16(6-2)11-13(4)15-10-14-8-9-17(7-3)12-14/h8-9,12-13,15H,5-7,10-11H2,1-4H3. The molecule has 0 aliphatic carbocycles. The Bertz CT molecular complexity index is 302. The summed E-state index contributed by atoms with van der Waals surface area (Å²) in [7, 11) is 0. The smallest absolute Gasteiger partial charge is 0.0223 e. The molecular formula is C14H27N3. The van der Waals surface area contributed by atoms with E-state index in [2.05, 4.69) is 60.9 Å². The highest BCUT2D eigenvalue weighted by molar-refractivity contribution is 5.09. The first kappa shape index (κ1) is 14.3. The van der Waals surface area contributed by atoms with Crippen LogP contribution in [0.2, 0.25) is 0 Å². The van der Waals surface area contributed by atoms with Crippen molar-refractivity contribution in [2.75, 3.05) is 19.6 Å². The van der Waals surface area contributed by atoms with E-state index in [1.165, 1.54) is 5.56 Å². The summed E-state index contributed by atoms with van der Waals surface area (Å²) in [4.78, 5) is 2.45. The Morgan fingerprint density at radius 1 is 1.29 bits per heavy atom. The molecule has 0 saturated heterocycles. The van der Waals surface area contributed by atoms with E-state index in [1.54, 1.807) is 0 Å². The van der Waals surface area contributed by atoms with Crippen molar-refractivity contribution in [1.82, 2.24) is 14.8 Å². The van der Waals surface area contributed by atoms with Crippen molar-refractivity contribution in [3.8, 4) is 0 Å². The van der Waals surface area contributed by atoms with E-state index in [0.717, 1.165) is 32.7 Å². The zero-order valence-corrected chi connectivity index (χ0v) is 11.7. The molecule has 1 rings (SSSR count). The van der Waals surface area contributed by atoms with Gasteiger partial charge in [0.05, 0.1) is 0 Å². The van der Waals surface area contributed by atoms with Crippen LogP contribution >= 0.6 is 0 Å². The zero-order valence-electron chi connectivity index (χ0n) is 11.7. The Labute approximate surface area is 106 Å². The lowest BCUT2D eigenvalue weighted by molar-refractivity contribution is 0.270. The van der Waals surface area contributed by atoms with E-state index in [4.69, 9.17) is 0 Å². The monoisotopic (exact) mass is 237 g/mol. The van der Waals surface area contributed by atoms with E-state index < -0.39 is 0 Å². The molecule has 0 aromatic carbocycles. The first-order chi connectivity index (χ1) is 8.19. The third-order valence-corrected chi connectivity index (χ3v) is 3.26. The fourth-order valence-electron chi connectivity index (χ4n) is 2.02. The molecule has 1 aromatic rings. The van der Waals surface area contributed by atoms with Crippen molar-refractivity contribution in [2.45, 2.75) is 46.8 Å². The third-order valence-electron chi connectivity index (χ3n) is 3.26.